The van der Waals surface area contributed by atoms with Crippen LogP contribution in [0, 0.1) is 11.9 Å². The predicted octanol–water partition coefficient (Wildman–Crippen LogP) is 5.89. The molecule has 1 fully saturated rings. The summed E-state index contributed by atoms with van der Waals surface area (Å²) in [7, 11) is 0. The van der Waals surface area contributed by atoms with E-state index in [1.807, 2.05) is 36.5 Å². The highest BCUT2D eigenvalue weighted by atomic mass is 35.5. The molecule has 6 rings (SSSR count). The first-order valence-corrected chi connectivity index (χ1v) is 13.7. The van der Waals surface area contributed by atoms with Gasteiger partial charge in [-0.3, -0.25) is 9.78 Å². The number of pyridine rings is 2. The average molecular weight is 559 g/mol. The third-order valence-electron chi connectivity index (χ3n) is 7.23. The molecule has 4 aromatic rings. The molecular formula is C29H28ClFN8O. The van der Waals surface area contributed by atoms with E-state index in [1.54, 1.807) is 18.5 Å². The summed E-state index contributed by atoms with van der Waals surface area (Å²) in [6, 6.07) is 12.7. The number of anilines is 6. The molecule has 204 valence electrons. The Labute approximate surface area is 236 Å². The Morgan fingerprint density at radius 3 is 2.75 bits per heavy atom. The fourth-order valence-electron chi connectivity index (χ4n) is 5.16. The Bertz CT molecular complexity index is 1540. The van der Waals surface area contributed by atoms with E-state index < -0.39 is 5.95 Å². The number of aryl methyl sites for hydroxylation is 2. The second kappa shape index (κ2) is 11.4. The molecule has 1 amide bonds. The van der Waals surface area contributed by atoms with Gasteiger partial charge in [-0.2, -0.15) is 9.37 Å². The van der Waals surface area contributed by atoms with Crippen molar-refractivity contribution in [1.29, 1.82) is 0 Å². The number of nitrogens with one attached hydrogen (secondary N) is 3. The molecule has 9 nitrogen and oxygen atoms in total. The van der Waals surface area contributed by atoms with Crippen molar-refractivity contribution in [3.05, 3.63) is 83.2 Å². The van der Waals surface area contributed by atoms with Crippen LogP contribution in [0.2, 0.25) is 5.02 Å². The Balaban J connectivity index is 1.16. The van der Waals surface area contributed by atoms with Gasteiger partial charge in [0.05, 0.1) is 18.1 Å². The summed E-state index contributed by atoms with van der Waals surface area (Å²) in [6.07, 6.45) is 8.67. The lowest BCUT2D eigenvalue weighted by Crippen LogP contribution is -2.35. The van der Waals surface area contributed by atoms with Gasteiger partial charge in [0.1, 0.15) is 10.8 Å². The summed E-state index contributed by atoms with van der Waals surface area (Å²) >= 11 is 6.37. The number of carbonyl (C=O) groups is 1. The largest absolute Gasteiger partial charge is 0.357 e. The van der Waals surface area contributed by atoms with E-state index >= 15 is 0 Å². The van der Waals surface area contributed by atoms with E-state index in [0.717, 1.165) is 60.5 Å². The van der Waals surface area contributed by atoms with Gasteiger partial charge in [0, 0.05) is 37.1 Å². The first-order valence-electron chi connectivity index (χ1n) is 13.3. The van der Waals surface area contributed by atoms with Crippen LogP contribution in [0.5, 0.6) is 0 Å². The van der Waals surface area contributed by atoms with Crippen LogP contribution in [0.4, 0.5) is 39.0 Å². The zero-order valence-electron chi connectivity index (χ0n) is 21.7. The number of piperidine rings is 1. The molecular weight excluding hydrogens is 531 g/mol. The molecule has 0 atom stereocenters. The summed E-state index contributed by atoms with van der Waals surface area (Å²) < 4.78 is 13.5. The maximum absolute atomic E-state index is 13.5. The second-order valence-electron chi connectivity index (χ2n) is 10.1. The molecule has 11 heteroatoms. The molecule has 5 heterocycles. The molecule has 0 saturated carbocycles. The summed E-state index contributed by atoms with van der Waals surface area (Å²) in [6.45, 7) is 1.49. The van der Waals surface area contributed by atoms with Gasteiger partial charge < -0.3 is 20.9 Å². The molecule has 6 bridgehead atoms. The average Bonchev–Trinajstić information content (AvgIpc) is 2.95. The highest BCUT2D eigenvalue weighted by Gasteiger charge is 2.23. The topological polar surface area (TPSA) is 108 Å². The highest BCUT2D eigenvalue weighted by Crippen LogP contribution is 2.30. The van der Waals surface area contributed by atoms with Crippen molar-refractivity contribution >= 4 is 52.2 Å². The van der Waals surface area contributed by atoms with Crippen molar-refractivity contribution in [1.82, 2.24) is 19.9 Å². The highest BCUT2D eigenvalue weighted by molar-refractivity contribution is 6.32. The molecule has 1 saturated heterocycles. The summed E-state index contributed by atoms with van der Waals surface area (Å²) in [5, 5.41) is 10.0. The molecule has 2 aliphatic rings. The molecule has 0 radical (unpaired) electrons. The van der Waals surface area contributed by atoms with Crippen molar-refractivity contribution in [2.75, 3.05) is 33.9 Å². The Morgan fingerprint density at radius 1 is 1.02 bits per heavy atom. The monoisotopic (exact) mass is 558 g/mol. The van der Waals surface area contributed by atoms with Gasteiger partial charge in [0.2, 0.25) is 17.8 Å². The van der Waals surface area contributed by atoms with Crippen LogP contribution < -0.4 is 20.9 Å². The molecule has 1 aromatic carbocycles. The molecule has 2 aliphatic heterocycles. The fraction of sp³-hybridized carbons (Fsp3) is 0.276. The number of hydrogen-bond donors (Lipinski definition) is 3. The zero-order chi connectivity index (χ0) is 27.5. The number of nitrogens with zero attached hydrogens (tertiary/aromatic N) is 5. The van der Waals surface area contributed by atoms with Crippen molar-refractivity contribution in [2.24, 2.45) is 5.92 Å². The molecule has 0 spiro atoms. The molecule has 0 aliphatic carbocycles. The first-order chi connectivity index (χ1) is 19.5. The third-order valence-corrected chi connectivity index (χ3v) is 7.51. The normalized spacial score (nSPS) is 15.1. The van der Waals surface area contributed by atoms with Crippen molar-refractivity contribution in [3.63, 3.8) is 0 Å². The number of carbonyl (C=O) groups excluding carboxylic acids is 1. The van der Waals surface area contributed by atoms with Crippen LogP contribution in [-0.4, -0.2) is 38.9 Å². The zero-order valence-corrected chi connectivity index (χ0v) is 22.5. The smallest absolute Gasteiger partial charge is 0.229 e. The van der Waals surface area contributed by atoms with E-state index in [9.17, 15) is 9.18 Å². The second-order valence-corrected chi connectivity index (χ2v) is 10.5. The van der Waals surface area contributed by atoms with Crippen molar-refractivity contribution in [3.8, 4) is 0 Å². The van der Waals surface area contributed by atoms with Gasteiger partial charge in [-0.15, -0.1) is 0 Å². The Hall–Kier alpha value is -4.31. The van der Waals surface area contributed by atoms with E-state index in [2.05, 4.69) is 40.8 Å². The third kappa shape index (κ3) is 6.12. The molecule has 40 heavy (non-hydrogen) atoms. The van der Waals surface area contributed by atoms with Crippen LogP contribution in [0.25, 0.3) is 0 Å². The van der Waals surface area contributed by atoms with E-state index in [0.29, 0.717) is 35.4 Å². The summed E-state index contributed by atoms with van der Waals surface area (Å²) in [4.78, 5) is 32.3. The predicted molar refractivity (Wildman–Crippen MR) is 154 cm³/mol. The number of benzene rings is 1. The quantitative estimate of drug-likeness (QED) is 0.266. The molecule has 3 aromatic heterocycles. The first kappa shape index (κ1) is 25.9. The van der Waals surface area contributed by atoms with Crippen LogP contribution in [0.15, 0.2) is 61.1 Å². The van der Waals surface area contributed by atoms with Crippen LogP contribution >= 0.6 is 11.6 Å². The molecule has 3 N–H and O–H groups in total. The number of aromatic nitrogens is 4. The van der Waals surface area contributed by atoms with Crippen molar-refractivity contribution in [2.45, 2.75) is 32.1 Å². The maximum Gasteiger partial charge on any atom is 0.229 e. The van der Waals surface area contributed by atoms with Crippen LogP contribution in [-0.2, 0) is 17.6 Å². The minimum absolute atomic E-state index is 0.0152. The number of rotatable bonds is 4. The van der Waals surface area contributed by atoms with E-state index in [-0.39, 0.29) is 11.8 Å². The summed E-state index contributed by atoms with van der Waals surface area (Å²) in [5.74, 6) is 1.30. The van der Waals surface area contributed by atoms with Crippen LogP contribution in [0.1, 0.15) is 30.4 Å². The minimum atomic E-state index is -0.478. The SMILES string of the molecule is O=C(CC1CCN(c2cccc(F)n2)CC1)Nc1ccc2cc1CCc1cncc(c1)Nc1ncc(Cl)c(n1)N2. The van der Waals surface area contributed by atoms with Crippen LogP contribution in [0.3, 0.4) is 0 Å². The number of fused-ring (bicyclic) bond motifs is 6. The van der Waals surface area contributed by atoms with Gasteiger partial charge >= 0.3 is 0 Å². The Kier molecular flexibility index (Phi) is 7.41. The number of hydrogen-bond acceptors (Lipinski definition) is 8. The van der Waals surface area contributed by atoms with E-state index in [1.165, 1.54) is 6.07 Å². The minimum Gasteiger partial charge on any atom is -0.357 e. The summed E-state index contributed by atoms with van der Waals surface area (Å²) in [5.41, 5.74) is 4.41. The lowest BCUT2D eigenvalue weighted by molar-refractivity contribution is -0.117. The maximum atomic E-state index is 13.5. The number of halogens is 2. The van der Waals surface area contributed by atoms with E-state index in [4.69, 9.17) is 11.6 Å². The number of amides is 1. The lowest BCUT2D eigenvalue weighted by atomic mass is 9.93. The van der Waals surface area contributed by atoms with Gasteiger partial charge in [-0.1, -0.05) is 17.7 Å². The van der Waals surface area contributed by atoms with Gasteiger partial charge in [0.15, 0.2) is 5.82 Å². The van der Waals surface area contributed by atoms with Gasteiger partial charge in [-0.25, -0.2) is 9.97 Å². The van der Waals surface area contributed by atoms with Gasteiger partial charge in [0.25, 0.3) is 0 Å². The molecule has 0 unspecified atom stereocenters. The lowest BCUT2D eigenvalue weighted by Gasteiger charge is -2.32. The fourth-order valence-corrected chi connectivity index (χ4v) is 5.29. The van der Waals surface area contributed by atoms with Crippen molar-refractivity contribution < 1.29 is 9.18 Å². The van der Waals surface area contributed by atoms with Gasteiger partial charge in [-0.05, 0) is 79.1 Å². The Morgan fingerprint density at radius 2 is 1.90 bits per heavy atom. The standard InChI is InChI=1S/C29H28ClFN8O/c30-23-17-33-29-35-22-12-19(15-32-16-22)4-5-20-14-21(34-28(23)38-29)6-7-24(20)36-27(40)13-18-8-10-39(11-9-18)26-3-1-2-25(31)37-26/h1-3,6-7,12,14-18H,4-5,8-11,13H2,(H,36,40)(H2,33,34,35,38).